The van der Waals surface area contributed by atoms with Crippen LogP contribution in [-0.2, 0) is 11.3 Å². The molecule has 0 radical (unpaired) electrons. The molecule has 1 heterocycles. The van der Waals surface area contributed by atoms with E-state index in [1.165, 1.54) is 0 Å². The van der Waals surface area contributed by atoms with Gasteiger partial charge in [-0.15, -0.1) is 0 Å². The molecule has 0 saturated heterocycles. The number of carbonyl (C=O) groups is 1. The number of aromatic nitrogens is 1. The third-order valence-corrected chi connectivity index (χ3v) is 1.75. The van der Waals surface area contributed by atoms with Gasteiger partial charge in [-0.3, -0.25) is 4.79 Å². The number of nitrogens with one attached hydrogen (secondary N) is 2. The van der Waals surface area contributed by atoms with Crippen LogP contribution in [0.3, 0.4) is 0 Å². The number of rotatable bonds is 5. The quantitative estimate of drug-likeness (QED) is 0.810. The third kappa shape index (κ3) is 5.91. The lowest BCUT2D eigenvalue weighted by molar-refractivity contribution is -0.128. The minimum atomic E-state index is -4.32. The van der Waals surface area contributed by atoms with E-state index in [9.17, 15) is 18.0 Å². The van der Waals surface area contributed by atoms with Gasteiger partial charge in [-0.1, -0.05) is 5.16 Å². The molecular formula is C9H12F3N3O2. The highest BCUT2D eigenvalue weighted by Crippen LogP contribution is 2.11. The van der Waals surface area contributed by atoms with Crippen LogP contribution >= 0.6 is 0 Å². The Morgan fingerprint density at radius 1 is 1.53 bits per heavy atom. The maximum absolute atomic E-state index is 11.7. The van der Waals surface area contributed by atoms with E-state index in [4.69, 9.17) is 4.52 Å². The number of nitrogens with zero attached hydrogens (tertiary/aromatic N) is 1. The standard InChI is InChI=1S/C9H12F3N3O2/c1-6-2-7(15-17-6)3-14-8(16)4-13-5-9(10,11)12/h2,13H,3-5H2,1H3,(H,14,16). The Balaban J connectivity index is 2.18. The molecule has 1 aromatic heterocycles. The summed E-state index contributed by atoms with van der Waals surface area (Å²) in [6, 6.07) is 1.63. The molecule has 2 N–H and O–H groups in total. The van der Waals surface area contributed by atoms with E-state index in [1.807, 2.05) is 5.32 Å². The van der Waals surface area contributed by atoms with Crippen molar-refractivity contribution in [1.82, 2.24) is 15.8 Å². The van der Waals surface area contributed by atoms with Gasteiger partial charge in [0.2, 0.25) is 5.91 Å². The number of carbonyl (C=O) groups excluding carboxylic acids is 1. The van der Waals surface area contributed by atoms with Crippen LogP contribution in [0.5, 0.6) is 0 Å². The predicted molar refractivity (Wildman–Crippen MR) is 52.0 cm³/mol. The molecule has 0 unspecified atom stereocenters. The van der Waals surface area contributed by atoms with Crippen LogP contribution in [0.1, 0.15) is 11.5 Å². The Morgan fingerprint density at radius 3 is 2.76 bits per heavy atom. The first-order valence-corrected chi connectivity index (χ1v) is 4.83. The number of amides is 1. The van der Waals surface area contributed by atoms with Gasteiger partial charge in [0.25, 0.3) is 0 Å². The van der Waals surface area contributed by atoms with Crippen molar-refractivity contribution in [2.45, 2.75) is 19.6 Å². The number of halogens is 3. The number of hydrogen-bond acceptors (Lipinski definition) is 4. The van der Waals surface area contributed by atoms with Crippen molar-refractivity contribution in [2.24, 2.45) is 0 Å². The van der Waals surface area contributed by atoms with Crippen LogP contribution in [0.15, 0.2) is 10.6 Å². The summed E-state index contributed by atoms with van der Waals surface area (Å²) in [5.74, 6) is 0.0688. The van der Waals surface area contributed by atoms with Crippen LogP contribution < -0.4 is 10.6 Å². The fourth-order valence-electron chi connectivity index (χ4n) is 1.07. The fourth-order valence-corrected chi connectivity index (χ4v) is 1.07. The zero-order valence-corrected chi connectivity index (χ0v) is 9.10. The highest BCUT2D eigenvalue weighted by atomic mass is 19.4. The van der Waals surface area contributed by atoms with Crippen molar-refractivity contribution in [2.75, 3.05) is 13.1 Å². The molecular weight excluding hydrogens is 239 g/mol. The molecule has 0 bridgehead atoms. The third-order valence-electron chi connectivity index (χ3n) is 1.75. The Bertz CT molecular complexity index is 376. The molecule has 0 spiro atoms. The number of aryl methyl sites for hydroxylation is 1. The second-order valence-electron chi connectivity index (χ2n) is 3.42. The summed E-state index contributed by atoms with van der Waals surface area (Å²) < 4.78 is 40.0. The summed E-state index contributed by atoms with van der Waals surface area (Å²) in [6.45, 7) is 0.243. The molecule has 1 rings (SSSR count). The van der Waals surface area contributed by atoms with Crippen molar-refractivity contribution < 1.29 is 22.5 Å². The van der Waals surface area contributed by atoms with Crippen molar-refractivity contribution in [3.63, 3.8) is 0 Å². The molecule has 0 aliphatic heterocycles. The fraction of sp³-hybridized carbons (Fsp3) is 0.556. The van der Waals surface area contributed by atoms with E-state index in [-0.39, 0.29) is 6.54 Å². The second kappa shape index (κ2) is 5.67. The lowest BCUT2D eigenvalue weighted by Crippen LogP contribution is -2.38. The maximum Gasteiger partial charge on any atom is 0.401 e. The average Bonchev–Trinajstić information content (AvgIpc) is 2.59. The molecule has 1 aromatic rings. The zero-order valence-electron chi connectivity index (χ0n) is 9.10. The first-order valence-electron chi connectivity index (χ1n) is 4.83. The van der Waals surface area contributed by atoms with Gasteiger partial charge in [0.05, 0.1) is 19.6 Å². The SMILES string of the molecule is Cc1cc(CNC(=O)CNCC(F)(F)F)no1. The highest BCUT2D eigenvalue weighted by Gasteiger charge is 2.26. The zero-order chi connectivity index (χ0) is 12.9. The minimum Gasteiger partial charge on any atom is -0.361 e. The van der Waals surface area contributed by atoms with Gasteiger partial charge < -0.3 is 15.2 Å². The van der Waals surface area contributed by atoms with Gasteiger partial charge in [-0.2, -0.15) is 13.2 Å². The van der Waals surface area contributed by atoms with E-state index in [0.29, 0.717) is 11.5 Å². The van der Waals surface area contributed by atoms with Gasteiger partial charge in [-0.05, 0) is 6.92 Å². The van der Waals surface area contributed by atoms with Crippen molar-refractivity contribution in [3.8, 4) is 0 Å². The van der Waals surface area contributed by atoms with Crippen LogP contribution in [0.4, 0.5) is 13.2 Å². The minimum absolute atomic E-state index is 0.129. The summed E-state index contributed by atoms with van der Waals surface area (Å²) in [7, 11) is 0. The van der Waals surface area contributed by atoms with E-state index >= 15 is 0 Å². The number of alkyl halides is 3. The summed E-state index contributed by atoms with van der Waals surface area (Å²) in [6.07, 6.45) is -4.32. The molecule has 17 heavy (non-hydrogen) atoms. The highest BCUT2D eigenvalue weighted by molar-refractivity contribution is 5.77. The predicted octanol–water partition coefficient (Wildman–Crippen LogP) is 0.751. The van der Waals surface area contributed by atoms with Gasteiger partial charge in [0.15, 0.2) is 0 Å². The summed E-state index contributed by atoms with van der Waals surface area (Å²) >= 11 is 0. The van der Waals surface area contributed by atoms with Gasteiger partial charge in [0, 0.05) is 6.07 Å². The van der Waals surface area contributed by atoms with Crippen molar-refractivity contribution >= 4 is 5.91 Å². The molecule has 0 saturated carbocycles. The van der Waals surface area contributed by atoms with Gasteiger partial charge in [0.1, 0.15) is 11.5 Å². The van der Waals surface area contributed by atoms with E-state index in [0.717, 1.165) is 0 Å². The molecule has 1 amide bonds. The topological polar surface area (TPSA) is 67.2 Å². The maximum atomic E-state index is 11.7. The molecule has 0 aliphatic carbocycles. The lowest BCUT2D eigenvalue weighted by atomic mass is 10.4. The Hall–Kier alpha value is -1.57. The molecule has 0 atom stereocenters. The van der Waals surface area contributed by atoms with Crippen LogP contribution in [0, 0.1) is 6.92 Å². The molecule has 0 fully saturated rings. The van der Waals surface area contributed by atoms with Crippen molar-refractivity contribution in [3.05, 3.63) is 17.5 Å². The largest absolute Gasteiger partial charge is 0.401 e. The Labute approximate surface area is 95.3 Å². The molecule has 8 heteroatoms. The lowest BCUT2D eigenvalue weighted by Gasteiger charge is -2.07. The molecule has 96 valence electrons. The van der Waals surface area contributed by atoms with Crippen LogP contribution in [0.2, 0.25) is 0 Å². The first-order chi connectivity index (χ1) is 7.87. The first kappa shape index (κ1) is 13.5. The molecule has 0 aliphatic rings. The Kier molecular flexibility index (Phi) is 4.50. The molecule has 5 nitrogen and oxygen atoms in total. The summed E-state index contributed by atoms with van der Waals surface area (Å²) in [4.78, 5) is 11.1. The van der Waals surface area contributed by atoms with Gasteiger partial charge in [-0.25, -0.2) is 0 Å². The van der Waals surface area contributed by atoms with E-state index in [1.54, 1.807) is 13.0 Å². The van der Waals surface area contributed by atoms with Gasteiger partial charge >= 0.3 is 6.18 Å². The monoisotopic (exact) mass is 251 g/mol. The summed E-state index contributed by atoms with van der Waals surface area (Å²) in [5.41, 5.74) is 0.520. The summed E-state index contributed by atoms with van der Waals surface area (Å²) in [5, 5.41) is 8.01. The van der Waals surface area contributed by atoms with Crippen LogP contribution in [-0.4, -0.2) is 30.3 Å². The van der Waals surface area contributed by atoms with E-state index < -0.39 is 25.2 Å². The Morgan fingerprint density at radius 2 is 2.24 bits per heavy atom. The second-order valence-corrected chi connectivity index (χ2v) is 3.42. The smallest absolute Gasteiger partial charge is 0.361 e. The normalized spacial score (nSPS) is 11.5. The molecule has 0 aromatic carbocycles. The van der Waals surface area contributed by atoms with Crippen molar-refractivity contribution in [1.29, 1.82) is 0 Å². The van der Waals surface area contributed by atoms with Crippen LogP contribution in [0.25, 0.3) is 0 Å². The van der Waals surface area contributed by atoms with E-state index in [2.05, 4.69) is 10.5 Å². The average molecular weight is 251 g/mol. The number of hydrogen-bond donors (Lipinski definition) is 2.